The number of hydrogen-bond donors (Lipinski definition) is 2. The van der Waals surface area contributed by atoms with Gasteiger partial charge in [0.05, 0.1) is 12.2 Å². The zero-order chi connectivity index (χ0) is 23.5. The van der Waals surface area contributed by atoms with Gasteiger partial charge in [-0.3, -0.25) is 0 Å². The fourth-order valence-electron chi connectivity index (χ4n) is 10.9. The quantitative estimate of drug-likeness (QED) is 0.397. The zero-order valence-corrected chi connectivity index (χ0v) is 22.2. The van der Waals surface area contributed by atoms with E-state index in [-0.39, 0.29) is 39.3 Å². The molecule has 4 fully saturated rings. The van der Waals surface area contributed by atoms with Crippen molar-refractivity contribution in [2.75, 3.05) is 0 Å². The SMILES string of the molecule is C[C@H]1[C@H](C)CC[C@@]2(C)[C@@H]1C1=CC[C@@H]3[C@@]4(C)CC[C@H](O)C(C)(C)[C@@H]4CC[C@@]3(C)[C@]1(C)C[C@@H]2O. The minimum absolute atomic E-state index is 0.00278. The molecule has 182 valence electrons. The highest BCUT2D eigenvalue weighted by Gasteiger charge is 2.69. The topological polar surface area (TPSA) is 40.5 Å². The Labute approximate surface area is 197 Å². The summed E-state index contributed by atoms with van der Waals surface area (Å²) in [6.45, 7) is 19.7. The lowest BCUT2D eigenvalue weighted by Crippen LogP contribution is -2.66. The van der Waals surface area contributed by atoms with E-state index < -0.39 is 0 Å². The summed E-state index contributed by atoms with van der Waals surface area (Å²) < 4.78 is 0. The van der Waals surface area contributed by atoms with Gasteiger partial charge in [-0.15, -0.1) is 0 Å². The maximum Gasteiger partial charge on any atom is 0.0608 e. The van der Waals surface area contributed by atoms with Gasteiger partial charge < -0.3 is 10.2 Å². The molecule has 0 spiro atoms. The molecule has 0 radical (unpaired) electrons. The predicted molar refractivity (Wildman–Crippen MR) is 132 cm³/mol. The molecule has 4 saturated carbocycles. The van der Waals surface area contributed by atoms with Crippen molar-refractivity contribution < 1.29 is 10.2 Å². The maximum atomic E-state index is 11.7. The Morgan fingerprint density at radius 1 is 0.781 bits per heavy atom. The van der Waals surface area contributed by atoms with E-state index >= 15 is 0 Å². The van der Waals surface area contributed by atoms with Crippen LogP contribution in [0.25, 0.3) is 0 Å². The second-order valence-electron chi connectivity index (χ2n) is 14.7. The van der Waals surface area contributed by atoms with Gasteiger partial charge in [-0.05, 0) is 103 Å². The molecule has 0 aliphatic heterocycles. The van der Waals surface area contributed by atoms with Gasteiger partial charge in [-0.1, -0.05) is 67.0 Å². The summed E-state index contributed by atoms with van der Waals surface area (Å²) >= 11 is 0. The van der Waals surface area contributed by atoms with Crippen LogP contribution in [0.4, 0.5) is 0 Å². The lowest BCUT2D eigenvalue weighted by atomic mass is 9.33. The number of rotatable bonds is 0. The predicted octanol–water partition coefficient (Wildman–Crippen LogP) is 7.00. The molecule has 5 aliphatic carbocycles. The Balaban J connectivity index is 1.61. The lowest BCUT2D eigenvalue weighted by molar-refractivity contribution is -0.215. The summed E-state index contributed by atoms with van der Waals surface area (Å²) in [5.41, 5.74) is 2.34. The minimum atomic E-state index is -0.199. The average Bonchev–Trinajstić information content (AvgIpc) is 2.70. The van der Waals surface area contributed by atoms with E-state index in [0.29, 0.717) is 23.7 Å². The fraction of sp³-hybridized carbons (Fsp3) is 0.933. The van der Waals surface area contributed by atoms with E-state index in [0.717, 1.165) is 25.2 Å². The molecule has 0 aromatic carbocycles. The Morgan fingerprint density at radius 2 is 1.44 bits per heavy atom. The van der Waals surface area contributed by atoms with Crippen molar-refractivity contribution in [2.24, 2.45) is 56.7 Å². The van der Waals surface area contributed by atoms with E-state index in [1.54, 1.807) is 5.57 Å². The van der Waals surface area contributed by atoms with Gasteiger partial charge in [0, 0.05) is 5.41 Å². The molecule has 0 heterocycles. The molecule has 2 N–H and O–H groups in total. The van der Waals surface area contributed by atoms with Gasteiger partial charge in [-0.2, -0.15) is 0 Å². The Bertz CT molecular complexity index is 814. The van der Waals surface area contributed by atoms with E-state index in [9.17, 15) is 10.2 Å². The largest absolute Gasteiger partial charge is 0.393 e. The van der Waals surface area contributed by atoms with Crippen molar-refractivity contribution in [2.45, 2.75) is 119 Å². The standard InChI is InChI=1S/C30H50O2/c1-18-11-14-28(6)24(32)17-30(8)20(25(28)19(18)2)9-10-22-27(5)15-13-23(31)26(3,4)21(27)12-16-29(22,30)7/h9,18-19,21-25,31-32H,10-17H2,1-8H3/t18-,19+,21+,22-,23+,24+,25+,27+,28-,29-,30-/m1/s1. The highest BCUT2D eigenvalue weighted by Crippen LogP contribution is 2.75. The van der Waals surface area contributed by atoms with Crippen LogP contribution in [0.1, 0.15) is 107 Å². The summed E-state index contributed by atoms with van der Waals surface area (Å²) in [5, 5.41) is 22.6. The maximum absolute atomic E-state index is 11.7. The smallest absolute Gasteiger partial charge is 0.0608 e. The molecule has 0 unspecified atom stereocenters. The molecule has 11 atom stereocenters. The van der Waals surface area contributed by atoms with Gasteiger partial charge in [0.2, 0.25) is 0 Å². The number of aliphatic hydroxyl groups excluding tert-OH is 2. The first-order valence-corrected chi connectivity index (χ1v) is 13.8. The van der Waals surface area contributed by atoms with E-state index in [4.69, 9.17) is 0 Å². The first kappa shape index (κ1) is 23.4. The zero-order valence-electron chi connectivity index (χ0n) is 22.2. The summed E-state index contributed by atoms with van der Waals surface area (Å²) in [6.07, 6.45) is 11.4. The van der Waals surface area contributed by atoms with Crippen LogP contribution in [0.5, 0.6) is 0 Å². The Kier molecular flexibility index (Phi) is 5.02. The molecular formula is C30H50O2. The second-order valence-corrected chi connectivity index (χ2v) is 14.7. The second kappa shape index (κ2) is 6.87. The molecule has 2 heteroatoms. The fourth-order valence-corrected chi connectivity index (χ4v) is 10.9. The van der Waals surface area contributed by atoms with Gasteiger partial charge in [0.15, 0.2) is 0 Å². The molecule has 5 rings (SSSR count). The van der Waals surface area contributed by atoms with Crippen LogP contribution in [0, 0.1) is 56.7 Å². The number of allylic oxidation sites excluding steroid dienone is 2. The van der Waals surface area contributed by atoms with Crippen molar-refractivity contribution >= 4 is 0 Å². The van der Waals surface area contributed by atoms with Crippen LogP contribution in [0.15, 0.2) is 11.6 Å². The van der Waals surface area contributed by atoms with Crippen LogP contribution >= 0.6 is 0 Å². The van der Waals surface area contributed by atoms with Crippen LogP contribution in [-0.4, -0.2) is 22.4 Å². The highest BCUT2D eigenvalue weighted by molar-refractivity contribution is 5.35. The van der Waals surface area contributed by atoms with E-state index in [2.05, 4.69) is 61.5 Å². The van der Waals surface area contributed by atoms with Crippen molar-refractivity contribution in [1.29, 1.82) is 0 Å². The van der Waals surface area contributed by atoms with Gasteiger partial charge in [-0.25, -0.2) is 0 Å². The molecule has 0 aromatic rings. The summed E-state index contributed by atoms with van der Waals surface area (Å²) in [7, 11) is 0. The van der Waals surface area contributed by atoms with E-state index in [1.165, 1.54) is 32.1 Å². The third-order valence-corrected chi connectivity index (χ3v) is 13.5. The summed E-state index contributed by atoms with van der Waals surface area (Å²) in [6, 6.07) is 0. The Hall–Kier alpha value is -0.340. The van der Waals surface area contributed by atoms with Crippen molar-refractivity contribution in [3.05, 3.63) is 11.6 Å². The monoisotopic (exact) mass is 442 g/mol. The van der Waals surface area contributed by atoms with Gasteiger partial charge in [0.25, 0.3) is 0 Å². The van der Waals surface area contributed by atoms with Crippen molar-refractivity contribution in [1.82, 2.24) is 0 Å². The number of hydrogen-bond acceptors (Lipinski definition) is 2. The molecule has 32 heavy (non-hydrogen) atoms. The van der Waals surface area contributed by atoms with Crippen molar-refractivity contribution in [3.8, 4) is 0 Å². The van der Waals surface area contributed by atoms with Crippen molar-refractivity contribution in [3.63, 3.8) is 0 Å². The molecule has 0 bridgehead atoms. The molecule has 0 amide bonds. The highest BCUT2D eigenvalue weighted by atomic mass is 16.3. The van der Waals surface area contributed by atoms with Crippen LogP contribution in [0.3, 0.4) is 0 Å². The number of aliphatic hydroxyl groups is 2. The van der Waals surface area contributed by atoms with Gasteiger partial charge >= 0.3 is 0 Å². The summed E-state index contributed by atoms with van der Waals surface area (Å²) in [5.74, 6) is 3.13. The Morgan fingerprint density at radius 3 is 2.12 bits per heavy atom. The number of fused-ring (bicyclic) bond motifs is 7. The third kappa shape index (κ3) is 2.61. The molecule has 5 aliphatic rings. The van der Waals surface area contributed by atoms with Crippen LogP contribution in [-0.2, 0) is 0 Å². The van der Waals surface area contributed by atoms with E-state index in [1.807, 2.05) is 0 Å². The van der Waals surface area contributed by atoms with Crippen LogP contribution in [0.2, 0.25) is 0 Å². The first-order chi connectivity index (χ1) is 14.7. The summed E-state index contributed by atoms with van der Waals surface area (Å²) in [4.78, 5) is 0. The lowest BCUT2D eigenvalue weighted by Gasteiger charge is -2.72. The first-order valence-electron chi connectivity index (χ1n) is 13.8. The third-order valence-electron chi connectivity index (χ3n) is 13.5. The minimum Gasteiger partial charge on any atom is -0.393 e. The normalized spacial score (nSPS) is 59.2. The molecule has 0 saturated heterocycles. The van der Waals surface area contributed by atoms with Gasteiger partial charge in [0.1, 0.15) is 0 Å². The molecule has 2 nitrogen and oxygen atoms in total. The average molecular weight is 443 g/mol. The van der Waals surface area contributed by atoms with Crippen LogP contribution < -0.4 is 0 Å². The molecular weight excluding hydrogens is 392 g/mol. The molecule has 0 aromatic heterocycles.